The van der Waals surface area contributed by atoms with Crippen molar-refractivity contribution in [2.24, 2.45) is 5.92 Å². The van der Waals surface area contributed by atoms with Crippen molar-refractivity contribution in [1.82, 2.24) is 19.9 Å². The molecule has 4 rings (SSSR count). The van der Waals surface area contributed by atoms with Crippen LogP contribution >= 0.6 is 11.6 Å². The molecule has 1 aliphatic heterocycles. The van der Waals surface area contributed by atoms with E-state index in [0.717, 1.165) is 11.3 Å². The minimum atomic E-state index is -0.357. The maximum atomic E-state index is 12.9. The lowest BCUT2D eigenvalue weighted by atomic mass is 10.1. The summed E-state index contributed by atoms with van der Waals surface area (Å²) in [7, 11) is 3.34. The van der Waals surface area contributed by atoms with Crippen LogP contribution < -0.4 is 4.74 Å². The van der Waals surface area contributed by atoms with Gasteiger partial charge < -0.3 is 19.1 Å². The van der Waals surface area contributed by atoms with Gasteiger partial charge in [0.1, 0.15) is 5.75 Å². The number of hydrogen-bond acceptors (Lipinski definition) is 6. The molecule has 0 radical (unpaired) electrons. The molecule has 1 unspecified atom stereocenters. The van der Waals surface area contributed by atoms with Crippen molar-refractivity contribution in [2.45, 2.75) is 19.4 Å². The van der Waals surface area contributed by atoms with E-state index in [9.17, 15) is 9.59 Å². The van der Waals surface area contributed by atoms with E-state index in [2.05, 4.69) is 10.1 Å². The Morgan fingerprint density at radius 1 is 1.24 bits per heavy atom. The normalized spacial score (nSPS) is 15.7. The number of amides is 2. The molecule has 1 fully saturated rings. The summed E-state index contributed by atoms with van der Waals surface area (Å²) < 4.78 is 10.5. The van der Waals surface area contributed by atoms with E-state index < -0.39 is 0 Å². The van der Waals surface area contributed by atoms with Gasteiger partial charge in [0.2, 0.25) is 11.8 Å². The van der Waals surface area contributed by atoms with Crippen LogP contribution in [0.4, 0.5) is 0 Å². The largest absolute Gasteiger partial charge is 0.497 e. The first-order chi connectivity index (χ1) is 15.9. The third kappa shape index (κ3) is 5.34. The monoisotopic (exact) mass is 468 g/mol. The summed E-state index contributed by atoms with van der Waals surface area (Å²) in [6, 6.07) is 14.8. The van der Waals surface area contributed by atoms with Gasteiger partial charge in [0.15, 0.2) is 5.82 Å². The fourth-order valence-electron chi connectivity index (χ4n) is 3.83. The SMILES string of the molecule is COc1ccc(CN2CC(C(=O)N(C)CCc3noc(-c4ccccc4Cl)n3)CC2=O)cc1. The number of methoxy groups -OCH3 is 1. The molecule has 1 saturated heterocycles. The van der Waals surface area contributed by atoms with Crippen LogP contribution in [0, 0.1) is 5.92 Å². The summed E-state index contributed by atoms with van der Waals surface area (Å²) in [5.41, 5.74) is 1.67. The quantitative estimate of drug-likeness (QED) is 0.503. The summed E-state index contributed by atoms with van der Waals surface area (Å²) in [5, 5.41) is 4.52. The number of halogens is 1. The molecule has 1 atom stereocenters. The van der Waals surface area contributed by atoms with Crippen molar-refractivity contribution in [2.75, 3.05) is 27.2 Å². The molecule has 33 heavy (non-hydrogen) atoms. The molecule has 0 bridgehead atoms. The molecule has 1 aliphatic rings. The van der Waals surface area contributed by atoms with Crippen molar-refractivity contribution in [3.05, 3.63) is 64.9 Å². The van der Waals surface area contributed by atoms with Crippen LogP contribution in [0.2, 0.25) is 5.02 Å². The summed E-state index contributed by atoms with van der Waals surface area (Å²) in [6.07, 6.45) is 0.657. The zero-order valence-corrected chi connectivity index (χ0v) is 19.3. The van der Waals surface area contributed by atoms with Gasteiger partial charge in [-0.05, 0) is 29.8 Å². The minimum absolute atomic E-state index is 0.0138. The highest BCUT2D eigenvalue weighted by molar-refractivity contribution is 6.33. The zero-order valence-electron chi connectivity index (χ0n) is 18.5. The van der Waals surface area contributed by atoms with Gasteiger partial charge in [-0.2, -0.15) is 4.98 Å². The van der Waals surface area contributed by atoms with E-state index in [0.29, 0.717) is 48.4 Å². The fourth-order valence-corrected chi connectivity index (χ4v) is 4.05. The molecule has 2 heterocycles. The Kier molecular flexibility index (Phi) is 6.93. The lowest BCUT2D eigenvalue weighted by Crippen LogP contribution is -2.36. The van der Waals surface area contributed by atoms with Gasteiger partial charge in [0.05, 0.1) is 23.6 Å². The highest BCUT2D eigenvalue weighted by Crippen LogP contribution is 2.26. The van der Waals surface area contributed by atoms with E-state index in [1.807, 2.05) is 42.5 Å². The molecule has 0 saturated carbocycles. The summed E-state index contributed by atoms with van der Waals surface area (Å²) >= 11 is 6.18. The van der Waals surface area contributed by atoms with Crippen molar-refractivity contribution in [3.63, 3.8) is 0 Å². The maximum Gasteiger partial charge on any atom is 0.259 e. The Labute approximate surface area is 197 Å². The predicted molar refractivity (Wildman–Crippen MR) is 123 cm³/mol. The fraction of sp³-hybridized carbons (Fsp3) is 0.333. The van der Waals surface area contributed by atoms with Crippen LogP contribution in [0.5, 0.6) is 5.75 Å². The Hall–Kier alpha value is -3.39. The van der Waals surface area contributed by atoms with Crippen molar-refractivity contribution in [1.29, 1.82) is 0 Å². The van der Waals surface area contributed by atoms with Gasteiger partial charge in [-0.1, -0.05) is 41.0 Å². The second-order valence-corrected chi connectivity index (χ2v) is 8.44. The highest BCUT2D eigenvalue weighted by Gasteiger charge is 2.35. The van der Waals surface area contributed by atoms with Crippen LogP contribution in [-0.2, 0) is 22.6 Å². The molecule has 8 nitrogen and oxygen atoms in total. The van der Waals surface area contributed by atoms with E-state index in [1.54, 1.807) is 30.0 Å². The van der Waals surface area contributed by atoms with Crippen LogP contribution in [0.3, 0.4) is 0 Å². The van der Waals surface area contributed by atoms with E-state index in [4.69, 9.17) is 20.9 Å². The predicted octanol–water partition coefficient (Wildman–Crippen LogP) is 3.45. The van der Waals surface area contributed by atoms with E-state index in [-0.39, 0.29) is 24.2 Å². The Bertz CT molecular complexity index is 1130. The van der Waals surface area contributed by atoms with E-state index >= 15 is 0 Å². The molecular formula is C24H25ClN4O4. The number of hydrogen-bond donors (Lipinski definition) is 0. The smallest absolute Gasteiger partial charge is 0.259 e. The lowest BCUT2D eigenvalue weighted by molar-refractivity contribution is -0.134. The van der Waals surface area contributed by atoms with Crippen molar-refractivity contribution < 1.29 is 18.8 Å². The molecule has 172 valence electrons. The Morgan fingerprint density at radius 3 is 2.73 bits per heavy atom. The second-order valence-electron chi connectivity index (χ2n) is 8.03. The van der Waals surface area contributed by atoms with Gasteiger partial charge in [-0.15, -0.1) is 0 Å². The first kappa shape index (κ1) is 22.8. The first-order valence-electron chi connectivity index (χ1n) is 10.7. The number of carbonyl (C=O) groups excluding carboxylic acids is 2. The van der Waals surface area contributed by atoms with Gasteiger partial charge in [-0.25, -0.2) is 0 Å². The van der Waals surface area contributed by atoms with Gasteiger partial charge in [-0.3, -0.25) is 9.59 Å². The summed E-state index contributed by atoms with van der Waals surface area (Å²) in [6.45, 7) is 1.31. The minimum Gasteiger partial charge on any atom is -0.497 e. The van der Waals surface area contributed by atoms with Gasteiger partial charge in [0.25, 0.3) is 5.89 Å². The molecule has 0 spiro atoms. The van der Waals surface area contributed by atoms with Crippen LogP contribution in [0.15, 0.2) is 53.1 Å². The molecule has 3 aromatic rings. The molecule has 0 aliphatic carbocycles. The summed E-state index contributed by atoms with van der Waals surface area (Å²) in [4.78, 5) is 33.1. The molecule has 1 aromatic heterocycles. The Balaban J connectivity index is 1.30. The Morgan fingerprint density at radius 2 is 2.00 bits per heavy atom. The third-order valence-electron chi connectivity index (χ3n) is 5.72. The number of nitrogens with zero attached hydrogens (tertiary/aromatic N) is 4. The molecule has 0 N–H and O–H groups in total. The number of aromatic nitrogens is 2. The molecule has 2 amide bonds. The van der Waals surface area contributed by atoms with Crippen LogP contribution in [0.25, 0.3) is 11.5 Å². The number of rotatable bonds is 8. The number of ether oxygens (including phenoxy) is 1. The third-order valence-corrected chi connectivity index (χ3v) is 6.05. The number of benzene rings is 2. The standard InChI is InChI=1S/C24H25ClN4O4/c1-28(12-11-21-26-23(33-27-21)19-5-3-4-6-20(19)25)24(31)17-13-22(30)29(15-17)14-16-7-9-18(32-2)10-8-16/h3-10,17H,11-15H2,1-2H3. The average Bonchev–Trinajstić information content (AvgIpc) is 3.44. The molecule has 2 aromatic carbocycles. The first-order valence-corrected chi connectivity index (χ1v) is 11.1. The average molecular weight is 469 g/mol. The van der Waals surface area contributed by atoms with Crippen molar-refractivity contribution >= 4 is 23.4 Å². The van der Waals surface area contributed by atoms with Crippen LogP contribution in [0.1, 0.15) is 17.8 Å². The van der Waals surface area contributed by atoms with Crippen LogP contribution in [-0.4, -0.2) is 59.0 Å². The maximum absolute atomic E-state index is 12.9. The molecule has 9 heteroatoms. The number of likely N-dealkylation sites (tertiary alicyclic amines) is 1. The highest BCUT2D eigenvalue weighted by atomic mass is 35.5. The van der Waals surface area contributed by atoms with Gasteiger partial charge in [0, 0.05) is 39.5 Å². The lowest BCUT2D eigenvalue weighted by Gasteiger charge is -2.21. The topological polar surface area (TPSA) is 88.8 Å². The van der Waals surface area contributed by atoms with Crippen molar-refractivity contribution in [3.8, 4) is 17.2 Å². The van der Waals surface area contributed by atoms with E-state index in [1.165, 1.54) is 0 Å². The second kappa shape index (κ2) is 10.0. The molecular weight excluding hydrogens is 444 g/mol. The zero-order chi connectivity index (χ0) is 23.4. The number of carbonyl (C=O) groups is 2. The number of likely N-dealkylation sites (N-methyl/N-ethyl adjacent to an activating group) is 1. The summed E-state index contributed by atoms with van der Waals surface area (Å²) in [5.74, 6) is 1.18. The van der Waals surface area contributed by atoms with Gasteiger partial charge >= 0.3 is 0 Å².